The molecule has 0 saturated heterocycles. The molecule has 128 valence electrons. The maximum atomic E-state index is 13.1. The number of halogens is 1. The molecule has 0 amide bonds. The lowest BCUT2D eigenvalue weighted by Crippen LogP contribution is -2.07. The summed E-state index contributed by atoms with van der Waals surface area (Å²) in [4.78, 5) is 0. The predicted octanol–water partition coefficient (Wildman–Crippen LogP) is 3.97. The van der Waals surface area contributed by atoms with E-state index in [0.29, 0.717) is 13.0 Å². The molecule has 0 bridgehead atoms. The Balaban J connectivity index is 1.74. The molecule has 0 radical (unpaired) electrons. The fourth-order valence-corrected chi connectivity index (χ4v) is 3.27. The van der Waals surface area contributed by atoms with Gasteiger partial charge in [-0.3, -0.25) is 0 Å². The highest BCUT2D eigenvalue weighted by atomic mass is 19.1. The molecule has 25 heavy (non-hydrogen) atoms. The van der Waals surface area contributed by atoms with E-state index < -0.39 is 0 Å². The zero-order chi connectivity index (χ0) is 17.2. The van der Waals surface area contributed by atoms with Gasteiger partial charge in [0.05, 0.1) is 12.3 Å². The van der Waals surface area contributed by atoms with Crippen molar-refractivity contribution in [3.05, 3.63) is 71.2 Å². The molecule has 0 atom stereocenters. The first-order valence-electron chi connectivity index (χ1n) is 8.57. The van der Waals surface area contributed by atoms with Crippen LogP contribution in [0.15, 0.2) is 48.5 Å². The SMILES string of the molecule is CCOc1ccccc1-n1nc(Cc2ccc(F)cc2)c2c1NCC2. The van der Waals surface area contributed by atoms with Gasteiger partial charge in [0.2, 0.25) is 0 Å². The first-order valence-corrected chi connectivity index (χ1v) is 8.57. The summed E-state index contributed by atoms with van der Waals surface area (Å²) in [6.45, 7) is 3.49. The number of fused-ring (bicyclic) bond motifs is 1. The van der Waals surface area contributed by atoms with Crippen LogP contribution in [0.5, 0.6) is 5.75 Å². The van der Waals surface area contributed by atoms with Crippen LogP contribution in [0.25, 0.3) is 5.69 Å². The predicted molar refractivity (Wildman–Crippen MR) is 96.1 cm³/mol. The Kier molecular flexibility index (Phi) is 4.14. The van der Waals surface area contributed by atoms with Crippen molar-refractivity contribution in [1.29, 1.82) is 0 Å². The van der Waals surface area contributed by atoms with Crippen LogP contribution in [0, 0.1) is 5.82 Å². The van der Waals surface area contributed by atoms with Crippen molar-refractivity contribution < 1.29 is 9.13 Å². The van der Waals surface area contributed by atoms with Crippen molar-refractivity contribution in [1.82, 2.24) is 9.78 Å². The number of ether oxygens (including phenoxy) is 1. The Morgan fingerprint density at radius 3 is 2.76 bits per heavy atom. The van der Waals surface area contributed by atoms with Crippen molar-refractivity contribution in [2.75, 3.05) is 18.5 Å². The van der Waals surface area contributed by atoms with Crippen LogP contribution in [0.2, 0.25) is 0 Å². The van der Waals surface area contributed by atoms with Crippen LogP contribution in [-0.4, -0.2) is 22.9 Å². The molecular formula is C20H20FN3O. The minimum atomic E-state index is -0.216. The van der Waals surface area contributed by atoms with Gasteiger partial charge < -0.3 is 10.1 Å². The number of rotatable bonds is 5. The van der Waals surface area contributed by atoms with E-state index in [2.05, 4.69) is 5.32 Å². The molecule has 5 heteroatoms. The van der Waals surface area contributed by atoms with Crippen LogP contribution >= 0.6 is 0 Å². The number of para-hydroxylation sites is 2. The molecule has 0 aliphatic carbocycles. The smallest absolute Gasteiger partial charge is 0.145 e. The Morgan fingerprint density at radius 2 is 1.96 bits per heavy atom. The number of nitrogens with zero attached hydrogens (tertiary/aromatic N) is 2. The molecule has 1 aliphatic heterocycles. The van der Waals surface area contributed by atoms with E-state index in [4.69, 9.17) is 9.84 Å². The zero-order valence-corrected chi connectivity index (χ0v) is 14.1. The molecule has 2 aromatic carbocycles. The van der Waals surface area contributed by atoms with Crippen LogP contribution in [0.3, 0.4) is 0 Å². The van der Waals surface area contributed by atoms with Crippen LogP contribution < -0.4 is 10.1 Å². The van der Waals surface area contributed by atoms with Crippen molar-refractivity contribution in [2.45, 2.75) is 19.8 Å². The summed E-state index contributed by atoms with van der Waals surface area (Å²) in [5, 5.41) is 8.28. The van der Waals surface area contributed by atoms with Crippen molar-refractivity contribution in [2.24, 2.45) is 0 Å². The molecule has 4 rings (SSSR count). The Bertz CT molecular complexity index is 886. The fraction of sp³-hybridized carbons (Fsp3) is 0.250. The maximum Gasteiger partial charge on any atom is 0.145 e. The Labute approximate surface area is 146 Å². The number of hydrogen-bond donors (Lipinski definition) is 1. The molecule has 0 spiro atoms. The average molecular weight is 337 g/mol. The second-order valence-electron chi connectivity index (χ2n) is 6.07. The minimum absolute atomic E-state index is 0.216. The second kappa shape index (κ2) is 6.59. The lowest BCUT2D eigenvalue weighted by Gasteiger charge is -2.12. The number of aromatic nitrogens is 2. The standard InChI is InChI=1S/C20H20FN3O/c1-2-25-19-6-4-3-5-18(19)24-20-16(11-12-22-20)17(23-24)13-14-7-9-15(21)10-8-14/h3-10,22H,2,11-13H2,1H3. The highest BCUT2D eigenvalue weighted by Gasteiger charge is 2.24. The zero-order valence-electron chi connectivity index (χ0n) is 14.1. The van der Waals surface area contributed by atoms with E-state index in [1.54, 1.807) is 0 Å². The average Bonchev–Trinajstić information content (AvgIpc) is 3.22. The van der Waals surface area contributed by atoms with Gasteiger partial charge in [0, 0.05) is 18.5 Å². The first-order chi connectivity index (χ1) is 12.3. The quantitative estimate of drug-likeness (QED) is 0.766. The van der Waals surface area contributed by atoms with Gasteiger partial charge in [0.1, 0.15) is 23.1 Å². The third-order valence-electron chi connectivity index (χ3n) is 4.41. The van der Waals surface area contributed by atoms with Gasteiger partial charge in [-0.1, -0.05) is 24.3 Å². The molecule has 0 unspecified atom stereocenters. The third kappa shape index (κ3) is 2.97. The van der Waals surface area contributed by atoms with E-state index in [-0.39, 0.29) is 5.82 Å². The van der Waals surface area contributed by atoms with Gasteiger partial charge in [-0.15, -0.1) is 0 Å². The van der Waals surface area contributed by atoms with Crippen molar-refractivity contribution in [3.8, 4) is 11.4 Å². The molecule has 3 aromatic rings. The van der Waals surface area contributed by atoms with Crippen molar-refractivity contribution in [3.63, 3.8) is 0 Å². The van der Waals surface area contributed by atoms with Crippen LogP contribution in [-0.2, 0) is 12.8 Å². The largest absolute Gasteiger partial charge is 0.492 e. The summed E-state index contributed by atoms with van der Waals surface area (Å²) in [5.74, 6) is 1.63. The lowest BCUT2D eigenvalue weighted by molar-refractivity contribution is 0.338. The normalized spacial score (nSPS) is 12.7. The summed E-state index contributed by atoms with van der Waals surface area (Å²) in [7, 11) is 0. The van der Waals surface area contributed by atoms with Gasteiger partial charge in [-0.2, -0.15) is 5.10 Å². The molecular weight excluding hydrogens is 317 g/mol. The topological polar surface area (TPSA) is 39.1 Å². The summed E-state index contributed by atoms with van der Waals surface area (Å²) in [6, 6.07) is 14.5. The second-order valence-corrected chi connectivity index (χ2v) is 6.07. The Hall–Kier alpha value is -2.82. The molecule has 0 fully saturated rings. The summed E-state index contributed by atoms with van der Waals surface area (Å²) in [5.41, 5.74) is 4.24. The molecule has 2 heterocycles. The van der Waals surface area contributed by atoms with E-state index in [9.17, 15) is 4.39 Å². The van der Waals surface area contributed by atoms with E-state index >= 15 is 0 Å². The summed E-state index contributed by atoms with van der Waals surface area (Å²) >= 11 is 0. The van der Waals surface area contributed by atoms with Gasteiger partial charge >= 0.3 is 0 Å². The van der Waals surface area contributed by atoms with Crippen LogP contribution in [0.1, 0.15) is 23.7 Å². The Morgan fingerprint density at radius 1 is 1.16 bits per heavy atom. The lowest BCUT2D eigenvalue weighted by atomic mass is 10.1. The van der Waals surface area contributed by atoms with Crippen LogP contribution in [0.4, 0.5) is 10.2 Å². The monoisotopic (exact) mass is 337 g/mol. The molecule has 4 nitrogen and oxygen atoms in total. The van der Waals surface area contributed by atoms with Crippen molar-refractivity contribution >= 4 is 5.82 Å². The highest BCUT2D eigenvalue weighted by Crippen LogP contribution is 2.33. The summed E-state index contributed by atoms with van der Waals surface area (Å²) in [6.07, 6.45) is 1.64. The maximum absolute atomic E-state index is 13.1. The van der Waals surface area contributed by atoms with Gasteiger partial charge in [-0.05, 0) is 43.2 Å². The van der Waals surface area contributed by atoms with E-state index in [0.717, 1.165) is 41.5 Å². The first kappa shape index (κ1) is 15.7. The molecule has 1 aliphatic rings. The number of anilines is 1. The third-order valence-corrected chi connectivity index (χ3v) is 4.41. The number of nitrogens with one attached hydrogen (secondary N) is 1. The minimum Gasteiger partial charge on any atom is -0.492 e. The number of benzene rings is 2. The van der Waals surface area contributed by atoms with E-state index in [1.165, 1.54) is 17.7 Å². The van der Waals surface area contributed by atoms with E-state index in [1.807, 2.05) is 48.0 Å². The van der Waals surface area contributed by atoms with Gasteiger partial charge in [0.25, 0.3) is 0 Å². The number of hydrogen-bond acceptors (Lipinski definition) is 3. The van der Waals surface area contributed by atoms with Gasteiger partial charge in [0.15, 0.2) is 0 Å². The fourth-order valence-electron chi connectivity index (χ4n) is 3.27. The summed E-state index contributed by atoms with van der Waals surface area (Å²) < 4.78 is 20.8. The molecule has 1 aromatic heterocycles. The van der Waals surface area contributed by atoms with Gasteiger partial charge in [-0.25, -0.2) is 9.07 Å². The highest BCUT2D eigenvalue weighted by molar-refractivity contribution is 5.60. The molecule has 1 N–H and O–H groups in total. The molecule has 0 saturated carbocycles.